The average molecular weight is 299 g/mol. The summed E-state index contributed by atoms with van der Waals surface area (Å²) in [6.45, 7) is 3.95. The molecule has 0 aromatic heterocycles. The molecule has 7 heteroatoms. The van der Waals surface area contributed by atoms with Gasteiger partial charge in [-0.1, -0.05) is 13.3 Å². The number of unbranched alkanes of at least 4 members (excludes halogenated alkanes) is 1. The molecule has 1 rings (SSSR count). The number of piperidine rings is 1. The number of rotatable bonds is 6. The number of carbonyl (C=O) groups is 3. The highest BCUT2D eigenvalue weighted by atomic mass is 16.5. The number of hydrogen-bond acceptors (Lipinski definition) is 5. The van der Waals surface area contributed by atoms with E-state index in [0.29, 0.717) is 13.1 Å². The lowest BCUT2D eigenvalue weighted by Gasteiger charge is -2.30. The molecule has 0 aromatic rings. The summed E-state index contributed by atoms with van der Waals surface area (Å²) in [5.41, 5.74) is 0. The number of esters is 1. The monoisotopic (exact) mass is 299 g/mol. The Hall–Kier alpha value is -1.63. The Bertz CT molecular complexity index is 373. The SMILES string of the molecule is CCCCNC(=O)NC(=O)CN1CCCC(C(=O)OC)C1. The molecular weight excluding hydrogens is 274 g/mol. The van der Waals surface area contributed by atoms with Crippen LogP contribution in [0.15, 0.2) is 0 Å². The van der Waals surface area contributed by atoms with Gasteiger partial charge in [0, 0.05) is 13.1 Å². The van der Waals surface area contributed by atoms with E-state index in [9.17, 15) is 14.4 Å². The summed E-state index contributed by atoms with van der Waals surface area (Å²) in [5.74, 6) is -0.776. The van der Waals surface area contributed by atoms with Gasteiger partial charge >= 0.3 is 12.0 Å². The van der Waals surface area contributed by atoms with Crippen LogP contribution in [0.3, 0.4) is 0 Å². The van der Waals surface area contributed by atoms with Crippen LogP contribution in [0.5, 0.6) is 0 Å². The van der Waals surface area contributed by atoms with Gasteiger partial charge in [-0.25, -0.2) is 4.79 Å². The molecule has 3 amide bonds. The van der Waals surface area contributed by atoms with E-state index in [1.54, 1.807) is 0 Å². The maximum absolute atomic E-state index is 11.8. The minimum Gasteiger partial charge on any atom is -0.469 e. The Labute approximate surface area is 125 Å². The summed E-state index contributed by atoms with van der Waals surface area (Å²) >= 11 is 0. The predicted octanol–water partition coefficient (Wildman–Crippen LogP) is 0.497. The van der Waals surface area contributed by atoms with Gasteiger partial charge in [-0.15, -0.1) is 0 Å². The quantitative estimate of drug-likeness (QED) is 0.551. The molecule has 0 aromatic carbocycles. The van der Waals surface area contributed by atoms with E-state index >= 15 is 0 Å². The molecule has 21 heavy (non-hydrogen) atoms. The fraction of sp³-hybridized carbons (Fsp3) is 0.786. The van der Waals surface area contributed by atoms with Crippen molar-refractivity contribution in [1.29, 1.82) is 0 Å². The summed E-state index contributed by atoms with van der Waals surface area (Å²) < 4.78 is 4.73. The first kappa shape index (κ1) is 17.4. The van der Waals surface area contributed by atoms with E-state index in [4.69, 9.17) is 4.74 Å². The second-order valence-corrected chi connectivity index (χ2v) is 5.26. The summed E-state index contributed by atoms with van der Waals surface area (Å²) in [6, 6.07) is -0.463. The maximum Gasteiger partial charge on any atom is 0.321 e. The molecule has 7 nitrogen and oxygen atoms in total. The lowest BCUT2D eigenvalue weighted by Crippen LogP contribution is -2.47. The molecule has 1 fully saturated rings. The van der Waals surface area contributed by atoms with Crippen molar-refractivity contribution >= 4 is 17.9 Å². The molecule has 1 saturated heterocycles. The first-order chi connectivity index (χ1) is 10.1. The Morgan fingerprint density at radius 2 is 2.10 bits per heavy atom. The van der Waals surface area contributed by atoms with Crippen molar-refractivity contribution in [3.05, 3.63) is 0 Å². The summed E-state index contributed by atoms with van der Waals surface area (Å²) in [7, 11) is 1.37. The number of urea groups is 1. The summed E-state index contributed by atoms with van der Waals surface area (Å²) in [6.07, 6.45) is 3.49. The van der Waals surface area contributed by atoms with Crippen molar-refractivity contribution < 1.29 is 19.1 Å². The minimum atomic E-state index is -0.463. The van der Waals surface area contributed by atoms with Gasteiger partial charge in [0.25, 0.3) is 0 Å². The number of nitrogens with one attached hydrogen (secondary N) is 2. The Balaban J connectivity index is 2.30. The maximum atomic E-state index is 11.8. The third-order valence-electron chi connectivity index (χ3n) is 3.48. The molecule has 1 aliphatic heterocycles. The van der Waals surface area contributed by atoms with Gasteiger partial charge in [0.1, 0.15) is 0 Å². The zero-order chi connectivity index (χ0) is 15.7. The third kappa shape index (κ3) is 6.57. The number of imide groups is 1. The minimum absolute atomic E-state index is 0.120. The number of carbonyl (C=O) groups excluding carboxylic acids is 3. The van der Waals surface area contributed by atoms with Gasteiger partial charge in [0.15, 0.2) is 0 Å². The highest BCUT2D eigenvalue weighted by Crippen LogP contribution is 2.17. The van der Waals surface area contributed by atoms with Gasteiger partial charge in [-0.3, -0.25) is 19.8 Å². The Morgan fingerprint density at radius 3 is 2.76 bits per heavy atom. The Kier molecular flexibility index (Phi) is 7.74. The number of likely N-dealkylation sites (tertiary alicyclic amines) is 1. The molecule has 1 atom stereocenters. The van der Waals surface area contributed by atoms with Crippen molar-refractivity contribution in [1.82, 2.24) is 15.5 Å². The normalized spacial score (nSPS) is 18.9. The molecule has 120 valence electrons. The van der Waals surface area contributed by atoms with Crippen LogP contribution in [0.25, 0.3) is 0 Å². The fourth-order valence-corrected chi connectivity index (χ4v) is 2.35. The van der Waals surface area contributed by atoms with Gasteiger partial charge in [-0.2, -0.15) is 0 Å². The molecule has 0 bridgehead atoms. The number of ether oxygens (including phenoxy) is 1. The van der Waals surface area contributed by atoms with Crippen molar-refractivity contribution in [2.75, 3.05) is 33.3 Å². The average Bonchev–Trinajstić information content (AvgIpc) is 2.46. The molecule has 0 spiro atoms. The van der Waals surface area contributed by atoms with Crippen molar-refractivity contribution in [3.8, 4) is 0 Å². The molecule has 0 aliphatic carbocycles. The zero-order valence-electron chi connectivity index (χ0n) is 12.8. The molecule has 1 heterocycles. The van der Waals surface area contributed by atoms with E-state index in [2.05, 4.69) is 10.6 Å². The topological polar surface area (TPSA) is 87.7 Å². The van der Waals surface area contributed by atoms with Crippen LogP contribution in [-0.4, -0.2) is 56.1 Å². The molecule has 2 N–H and O–H groups in total. The van der Waals surface area contributed by atoms with E-state index in [0.717, 1.165) is 32.2 Å². The van der Waals surface area contributed by atoms with E-state index in [1.165, 1.54) is 7.11 Å². The van der Waals surface area contributed by atoms with E-state index in [1.807, 2.05) is 11.8 Å². The number of amides is 3. The second-order valence-electron chi connectivity index (χ2n) is 5.26. The van der Waals surface area contributed by atoms with E-state index in [-0.39, 0.29) is 24.3 Å². The van der Waals surface area contributed by atoms with Crippen LogP contribution in [0.1, 0.15) is 32.6 Å². The van der Waals surface area contributed by atoms with Crippen LogP contribution >= 0.6 is 0 Å². The van der Waals surface area contributed by atoms with Gasteiger partial charge in [0.05, 0.1) is 19.6 Å². The van der Waals surface area contributed by atoms with Crippen LogP contribution in [0.2, 0.25) is 0 Å². The molecule has 1 unspecified atom stereocenters. The second kappa shape index (κ2) is 9.33. The van der Waals surface area contributed by atoms with Crippen LogP contribution < -0.4 is 10.6 Å². The Morgan fingerprint density at radius 1 is 1.33 bits per heavy atom. The van der Waals surface area contributed by atoms with Crippen molar-refractivity contribution in [2.45, 2.75) is 32.6 Å². The third-order valence-corrected chi connectivity index (χ3v) is 3.48. The van der Waals surface area contributed by atoms with Gasteiger partial charge in [0.2, 0.25) is 5.91 Å². The lowest BCUT2D eigenvalue weighted by molar-refractivity contribution is -0.147. The molecule has 0 radical (unpaired) electrons. The number of hydrogen-bond donors (Lipinski definition) is 2. The fourth-order valence-electron chi connectivity index (χ4n) is 2.35. The van der Waals surface area contributed by atoms with Crippen LogP contribution in [-0.2, 0) is 14.3 Å². The van der Waals surface area contributed by atoms with Crippen LogP contribution in [0.4, 0.5) is 4.79 Å². The smallest absolute Gasteiger partial charge is 0.321 e. The van der Waals surface area contributed by atoms with Crippen molar-refractivity contribution in [2.24, 2.45) is 5.92 Å². The predicted molar refractivity (Wildman–Crippen MR) is 77.6 cm³/mol. The van der Waals surface area contributed by atoms with Gasteiger partial charge in [-0.05, 0) is 25.8 Å². The summed E-state index contributed by atoms with van der Waals surface area (Å²) in [5, 5.41) is 4.92. The largest absolute Gasteiger partial charge is 0.469 e. The highest BCUT2D eigenvalue weighted by Gasteiger charge is 2.27. The van der Waals surface area contributed by atoms with Gasteiger partial charge < -0.3 is 10.1 Å². The summed E-state index contributed by atoms with van der Waals surface area (Å²) in [4.78, 5) is 36.6. The highest BCUT2D eigenvalue weighted by molar-refractivity contribution is 5.95. The first-order valence-electron chi connectivity index (χ1n) is 7.44. The first-order valence-corrected chi connectivity index (χ1v) is 7.44. The lowest BCUT2D eigenvalue weighted by atomic mass is 9.98. The number of methoxy groups -OCH3 is 1. The van der Waals surface area contributed by atoms with E-state index < -0.39 is 6.03 Å². The zero-order valence-corrected chi connectivity index (χ0v) is 12.8. The number of nitrogens with zero attached hydrogens (tertiary/aromatic N) is 1. The van der Waals surface area contributed by atoms with Crippen LogP contribution in [0, 0.1) is 5.92 Å². The molecular formula is C14H25N3O4. The standard InChI is InChI=1S/C14H25N3O4/c1-3-4-7-15-14(20)16-12(18)10-17-8-5-6-11(9-17)13(19)21-2/h11H,3-10H2,1-2H3,(H2,15,16,18,20). The molecule has 0 saturated carbocycles. The van der Waals surface area contributed by atoms with Crippen molar-refractivity contribution in [3.63, 3.8) is 0 Å². The molecule has 1 aliphatic rings.